The van der Waals surface area contributed by atoms with Crippen molar-refractivity contribution in [3.63, 3.8) is 0 Å². The molecule has 7 heterocycles. The van der Waals surface area contributed by atoms with Gasteiger partial charge in [0.05, 0.1) is 43.8 Å². The number of ether oxygens (including phenoxy) is 2. The predicted octanol–water partition coefficient (Wildman–Crippen LogP) is -0.402. The third-order valence-corrected chi connectivity index (χ3v) is 12.2. The van der Waals surface area contributed by atoms with E-state index in [9.17, 15) is 19.2 Å². The average Bonchev–Trinajstić information content (AvgIpc) is 3.98. The van der Waals surface area contributed by atoms with Gasteiger partial charge in [-0.25, -0.2) is 34.6 Å². The lowest BCUT2D eigenvalue weighted by Gasteiger charge is -2.35. The zero-order chi connectivity index (χ0) is 50.2. The van der Waals surface area contributed by atoms with Crippen LogP contribution in [0.25, 0.3) is 33.4 Å². The summed E-state index contributed by atoms with van der Waals surface area (Å²) in [5.74, 6) is 0.613. The number of aliphatic hydroxyl groups is 1. The molecule has 2 aliphatic heterocycles. The van der Waals surface area contributed by atoms with Gasteiger partial charge < -0.3 is 61.1 Å². The number of carbonyl (C=O) groups excluding carboxylic acids is 4. The van der Waals surface area contributed by atoms with E-state index in [-0.39, 0.29) is 56.5 Å². The molecule has 2 saturated heterocycles. The Balaban J connectivity index is 0.657. The summed E-state index contributed by atoms with van der Waals surface area (Å²) in [7, 11) is 0. The van der Waals surface area contributed by atoms with E-state index < -0.39 is 12.5 Å². The molecule has 0 aliphatic carbocycles. The molecule has 382 valence electrons. The van der Waals surface area contributed by atoms with Gasteiger partial charge in [-0.3, -0.25) is 24.1 Å². The Morgan fingerprint density at radius 1 is 0.722 bits per heavy atom. The number of hydrogen-bond acceptors (Lipinski definition) is 21. The number of carbonyl (C=O) groups is 4. The summed E-state index contributed by atoms with van der Waals surface area (Å²) >= 11 is 0. The van der Waals surface area contributed by atoms with Crippen LogP contribution in [0.1, 0.15) is 41.6 Å². The van der Waals surface area contributed by atoms with Crippen LogP contribution in [0, 0.1) is 0 Å². The predicted molar refractivity (Wildman–Crippen MR) is 263 cm³/mol. The smallest absolute Gasteiger partial charge is 0.292 e. The maximum absolute atomic E-state index is 12.9. The Kier molecular flexibility index (Phi) is 17.6. The largest absolute Gasteiger partial charge is 0.424 e. The molecule has 8 N–H and O–H groups in total. The molecule has 72 heavy (non-hydrogen) atoms. The molecule has 0 unspecified atom stereocenters. The summed E-state index contributed by atoms with van der Waals surface area (Å²) < 4.78 is 18.4. The molecule has 2 aliphatic rings. The highest BCUT2D eigenvalue weighted by Gasteiger charge is 2.24. The van der Waals surface area contributed by atoms with Crippen LogP contribution in [0.15, 0.2) is 53.7 Å². The molecule has 0 atom stereocenters. The number of nitrogens with zero attached hydrogens (tertiary/aromatic N) is 13. The number of aliphatic hydroxyl groups excluding tert-OH is 1. The number of anilines is 4. The lowest BCUT2D eigenvalue weighted by atomic mass is 10.1. The van der Waals surface area contributed by atoms with Crippen molar-refractivity contribution in [2.24, 2.45) is 0 Å². The Labute approximate surface area is 413 Å². The van der Waals surface area contributed by atoms with E-state index in [2.05, 4.69) is 60.6 Å². The number of piperazine rings is 2. The number of aromatic nitrogens is 9. The summed E-state index contributed by atoms with van der Waals surface area (Å²) in [5, 5.41) is 22.4. The SMILES string of the molecule is Nc1nc2cc(-c3nn(CCCCNC(=O)c4cnc(N5CCN(CCOCCC(=O)N6CCN(c7ncc(CNC(=O)CCOCCNC(=O)CO)cn7)CC6)CC5)nc4)c4ncnc(N)c34)ccc2o1. The fourth-order valence-corrected chi connectivity index (χ4v) is 8.19. The van der Waals surface area contributed by atoms with Crippen molar-refractivity contribution in [3.8, 4) is 11.3 Å². The molecule has 26 heteroatoms. The first kappa shape index (κ1) is 50.7. The minimum Gasteiger partial charge on any atom is -0.424 e. The van der Waals surface area contributed by atoms with Gasteiger partial charge in [-0.1, -0.05) is 0 Å². The number of aryl methyl sites for hydroxylation is 1. The van der Waals surface area contributed by atoms with Gasteiger partial charge in [-0.05, 0) is 31.0 Å². The summed E-state index contributed by atoms with van der Waals surface area (Å²) in [5.41, 5.74) is 16.4. The number of oxazole rings is 1. The van der Waals surface area contributed by atoms with Crippen LogP contribution in [0.2, 0.25) is 0 Å². The van der Waals surface area contributed by atoms with Crippen LogP contribution in [-0.4, -0.2) is 188 Å². The number of unbranched alkanes of at least 4 members (excludes halogenated alkanes) is 1. The number of nitrogen functional groups attached to an aromatic ring is 2. The molecule has 26 nitrogen and oxygen atoms in total. The van der Waals surface area contributed by atoms with Gasteiger partial charge >= 0.3 is 0 Å². The van der Waals surface area contributed by atoms with Crippen LogP contribution in [0.3, 0.4) is 0 Å². The number of amides is 4. The monoisotopic (exact) mass is 992 g/mol. The highest BCUT2D eigenvalue weighted by atomic mass is 16.5. The zero-order valence-corrected chi connectivity index (χ0v) is 39.9. The molecule has 0 radical (unpaired) electrons. The second-order valence-electron chi connectivity index (χ2n) is 17.1. The third kappa shape index (κ3) is 13.6. The van der Waals surface area contributed by atoms with Crippen LogP contribution in [-0.2, 0) is 36.9 Å². The van der Waals surface area contributed by atoms with E-state index in [0.717, 1.165) is 43.9 Å². The van der Waals surface area contributed by atoms with Crippen LogP contribution in [0.5, 0.6) is 0 Å². The topological polar surface area (TPSA) is 329 Å². The Bertz CT molecular complexity index is 2760. The van der Waals surface area contributed by atoms with Gasteiger partial charge in [0.25, 0.3) is 11.9 Å². The lowest BCUT2D eigenvalue weighted by molar-refractivity contribution is -0.132. The van der Waals surface area contributed by atoms with Crippen LogP contribution >= 0.6 is 0 Å². The number of nitrogens with two attached hydrogens (primary N) is 2. The highest BCUT2D eigenvalue weighted by molar-refractivity contribution is 5.99. The van der Waals surface area contributed by atoms with Crippen molar-refractivity contribution in [2.75, 3.05) is 126 Å². The van der Waals surface area contributed by atoms with Crippen molar-refractivity contribution < 1.29 is 38.2 Å². The quantitative estimate of drug-likeness (QED) is 0.0420. The van der Waals surface area contributed by atoms with E-state index in [1.54, 1.807) is 35.5 Å². The number of rotatable bonds is 24. The Hall–Kier alpha value is -7.68. The number of nitrogens with one attached hydrogen (secondary N) is 3. The molecule has 5 aromatic heterocycles. The van der Waals surface area contributed by atoms with Crippen LogP contribution < -0.4 is 37.2 Å². The molecular formula is C46H60N18O8. The number of fused-ring (bicyclic) bond motifs is 2. The van der Waals surface area contributed by atoms with Crippen molar-refractivity contribution in [3.05, 3.63) is 60.4 Å². The highest BCUT2D eigenvalue weighted by Crippen LogP contribution is 2.32. The first-order chi connectivity index (χ1) is 35.1. The van der Waals surface area contributed by atoms with E-state index in [1.807, 2.05) is 21.9 Å². The second-order valence-corrected chi connectivity index (χ2v) is 17.1. The first-order valence-electron chi connectivity index (χ1n) is 24.0. The lowest BCUT2D eigenvalue weighted by Crippen LogP contribution is -2.49. The maximum Gasteiger partial charge on any atom is 0.292 e. The normalized spacial score (nSPS) is 14.3. The first-order valence-corrected chi connectivity index (χ1v) is 24.0. The van der Waals surface area contributed by atoms with Crippen LogP contribution in [0.4, 0.5) is 23.7 Å². The fraction of sp³-hybridized carbons (Fsp3) is 0.478. The van der Waals surface area contributed by atoms with Gasteiger partial charge in [-0.2, -0.15) is 10.1 Å². The van der Waals surface area contributed by atoms with E-state index in [1.165, 1.54) is 6.33 Å². The minimum atomic E-state index is -0.574. The van der Waals surface area contributed by atoms with E-state index in [0.29, 0.717) is 123 Å². The standard InChI is InChI=1S/C46H60N18O8/c47-41-39-40(32-3-4-35-34(23-32)58-44(48)72-35)59-64(42(39)57-30-56-41)9-2-1-7-50-43(69)33-27-54-46(55-28-33)62-12-10-60(11-13-62)18-22-71-20-6-38(68)61-14-16-63(17-15-61)45-52-25-31(26-53-45)24-51-36(66)5-19-70-21-8-49-37(67)29-65/h3-4,23,25-28,30,65H,1-2,5-22,24,29H2,(H2,48,58)(H,49,67)(H,50,69)(H,51,66)(H2,47,56,57). The van der Waals surface area contributed by atoms with Crippen molar-refractivity contribution >= 4 is 69.5 Å². The zero-order valence-electron chi connectivity index (χ0n) is 39.9. The average molecular weight is 993 g/mol. The Morgan fingerprint density at radius 3 is 2.18 bits per heavy atom. The van der Waals surface area contributed by atoms with E-state index in [4.69, 9.17) is 35.6 Å². The molecular weight excluding hydrogens is 933 g/mol. The van der Waals surface area contributed by atoms with Crippen molar-refractivity contribution in [1.29, 1.82) is 0 Å². The fourth-order valence-electron chi connectivity index (χ4n) is 8.19. The van der Waals surface area contributed by atoms with Gasteiger partial charge in [0, 0.05) is 127 Å². The van der Waals surface area contributed by atoms with E-state index >= 15 is 0 Å². The van der Waals surface area contributed by atoms with Gasteiger partial charge in [-0.15, -0.1) is 0 Å². The molecule has 6 aromatic rings. The van der Waals surface area contributed by atoms with Gasteiger partial charge in [0.15, 0.2) is 11.2 Å². The summed E-state index contributed by atoms with van der Waals surface area (Å²) in [6.45, 7) is 8.44. The molecule has 0 saturated carbocycles. The van der Waals surface area contributed by atoms with Gasteiger partial charge in [0.1, 0.15) is 30.0 Å². The molecule has 0 bridgehead atoms. The molecule has 8 rings (SSSR count). The molecule has 0 spiro atoms. The molecule has 4 amide bonds. The molecule has 1 aromatic carbocycles. The van der Waals surface area contributed by atoms with Crippen molar-refractivity contribution in [1.82, 2.24) is 70.4 Å². The third-order valence-electron chi connectivity index (χ3n) is 12.2. The number of benzene rings is 1. The Morgan fingerprint density at radius 2 is 1.43 bits per heavy atom. The maximum atomic E-state index is 12.9. The minimum absolute atomic E-state index is 0.0530. The number of hydrogen-bond donors (Lipinski definition) is 6. The second kappa shape index (κ2) is 24.9. The molecule has 2 fully saturated rings. The van der Waals surface area contributed by atoms with Gasteiger partial charge in [0.2, 0.25) is 29.6 Å². The summed E-state index contributed by atoms with van der Waals surface area (Å²) in [6.07, 6.45) is 9.78. The van der Waals surface area contributed by atoms with Crippen molar-refractivity contribution in [2.45, 2.75) is 38.8 Å². The summed E-state index contributed by atoms with van der Waals surface area (Å²) in [6, 6.07) is 5.58. The summed E-state index contributed by atoms with van der Waals surface area (Å²) in [4.78, 5) is 88.1.